The first-order valence-corrected chi connectivity index (χ1v) is 37.4. The predicted octanol–water partition coefficient (Wildman–Crippen LogP) is 22.1. The van der Waals surface area contributed by atoms with Crippen LogP contribution in [0, 0.1) is 5.92 Å². The van der Waals surface area contributed by atoms with Gasteiger partial charge < -0.3 is 23.7 Å². The van der Waals surface area contributed by atoms with Gasteiger partial charge in [-0.2, -0.15) is 0 Å². The summed E-state index contributed by atoms with van der Waals surface area (Å²) in [6, 6.07) is 95.6. The molecule has 5 nitrogen and oxygen atoms in total. The summed E-state index contributed by atoms with van der Waals surface area (Å²) >= 11 is 4.00. The second-order valence-corrected chi connectivity index (χ2v) is 28.9. The van der Waals surface area contributed by atoms with Crippen LogP contribution in [0.3, 0.4) is 0 Å². The Kier molecular flexibility index (Phi) is 32.4. The number of rotatable bonds is 23. The van der Waals surface area contributed by atoms with E-state index in [0.29, 0.717) is 18.8 Å². The first-order valence-electron chi connectivity index (χ1n) is 30.5. The summed E-state index contributed by atoms with van der Waals surface area (Å²) in [6.45, 7) is 4.55. The van der Waals surface area contributed by atoms with Gasteiger partial charge in [0.2, 0.25) is 0 Å². The van der Waals surface area contributed by atoms with Crippen LogP contribution in [0.5, 0.6) is 46.0 Å². The third-order valence-electron chi connectivity index (χ3n) is 14.8. The number of methoxy groups -OCH3 is 1. The standard InChI is InChI=1S/C27H26P2.C26H30O2.C18H13BrO2.C6H12O.2ClH.Ni/c1-5-14-24(15-6-1)28(25-16-7-2-8-17-25)22-13-23-29(26-18-9-3-10-19-26)27-20-11-4-12-21-27;1-3-5-11-21(4-2)18-22-12-9-15-24(19-22)28-26-17-10-16-25(20-26)27-23-13-7-6-8-14-23;19-14-6-4-9-16(12-14)21-18-11-5-10-17(13-18)20-15-7-2-1-3-8-15;1-7-6-4-2-3-5-6;;;/h1-12,14-21H,13,22-23H2;6-10,12-17,19-21H,3-5,11,18H2,1-2H3;1-13H;6H,2-5H2,1H3;2*1H;/q;;;;;;+2. The SMILES string of the molecule is Brc1cccc(Oc2cccc(Oc3ccccc3)c2)c1.CCCCC(CC)Cc1cccc(Oc2cccc(Oc3ccccc3)c2)c1.COC1CCCC1.[Cl][Ni][Cl].c1ccc([PH+](CCC[PH+](c2ccccc2)c2ccccc2)c2ccccc2)cc1. The molecule has 11 rings (SSSR count). The summed E-state index contributed by atoms with van der Waals surface area (Å²) in [7, 11) is 9.72. The topological polar surface area (TPSA) is 46.2 Å². The number of halogens is 3. The zero-order valence-electron chi connectivity index (χ0n) is 50.7. The van der Waals surface area contributed by atoms with Crippen LogP contribution in [-0.4, -0.2) is 25.5 Å². The van der Waals surface area contributed by atoms with E-state index in [1.165, 1.54) is 96.9 Å². The summed E-state index contributed by atoms with van der Waals surface area (Å²) in [5.74, 6) is 7.06. The van der Waals surface area contributed by atoms with Gasteiger partial charge in [-0.15, -0.1) is 0 Å². The van der Waals surface area contributed by atoms with Crippen molar-refractivity contribution in [3.63, 3.8) is 0 Å². The molecule has 1 fully saturated rings. The number of ether oxygens (including phenoxy) is 5. The maximum atomic E-state index is 6.11. The number of para-hydroxylation sites is 2. The molecule has 1 aliphatic rings. The third kappa shape index (κ3) is 25.7. The first-order chi connectivity index (χ1) is 43.3. The molecular weight excluding hydrogens is 1280 g/mol. The van der Waals surface area contributed by atoms with Crippen LogP contribution in [0.1, 0.15) is 77.2 Å². The molecule has 88 heavy (non-hydrogen) atoms. The van der Waals surface area contributed by atoms with Crippen LogP contribution in [0.25, 0.3) is 0 Å². The van der Waals surface area contributed by atoms with Crippen LogP contribution >= 0.6 is 52.2 Å². The molecule has 0 radical (unpaired) electrons. The summed E-state index contributed by atoms with van der Waals surface area (Å²) < 4.78 is 29.7. The molecule has 1 unspecified atom stereocenters. The largest absolute Gasteiger partial charge is 0.0966 e. The van der Waals surface area contributed by atoms with Crippen molar-refractivity contribution < 1.29 is 36.3 Å². The van der Waals surface area contributed by atoms with Crippen molar-refractivity contribution in [1.82, 2.24) is 0 Å². The molecule has 11 heteroatoms. The monoisotopic (exact) mass is 1360 g/mol. The van der Waals surface area contributed by atoms with Crippen molar-refractivity contribution in [2.75, 3.05) is 19.4 Å². The molecule has 1 atom stereocenters. The van der Waals surface area contributed by atoms with Crippen LogP contribution in [-0.2, 0) is 23.8 Å². The summed E-state index contributed by atoms with van der Waals surface area (Å²) in [6.07, 6.45) is 16.0. The fourth-order valence-electron chi connectivity index (χ4n) is 10.3. The van der Waals surface area contributed by atoms with Crippen LogP contribution < -0.4 is 40.2 Å². The van der Waals surface area contributed by atoms with Crippen molar-refractivity contribution in [3.05, 3.63) is 289 Å². The normalized spacial score (nSPS) is 12.0. The third-order valence-corrected chi connectivity index (χ3v) is 21.1. The van der Waals surface area contributed by atoms with Crippen molar-refractivity contribution in [2.45, 2.75) is 84.2 Å². The second kappa shape index (κ2) is 41.1. The molecule has 1 saturated carbocycles. The van der Waals surface area contributed by atoms with Gasteiger partial charge in [0.1, 0.15) is 46.0 Å². The molecule has 460 valence electrons. The molecule has 0 saturated heterocycles. The van der Waals surface area contributed by atoms with Gasteiger partial charge in [-0.25, -0.2) is 0 Å². The average Bonchev–Trinajstić information content (AvgIpc) is 4.25. The summed E-state index contributed by atoms with van der Waals surface area (Å²) in [4.78, 5) is 0. The number of hydrogen-bond donors (Lipinski definition) is 0. The summed E-state index contributed by atoms with van der Waals surface area (Å²) in [5, 5.41) is 6.10. The molecule has 0 bridgehead atoms. The molecular formula is C77H83BrCl2NiO5P2+2. The van der Waals surface area contributed by atoms with Gasteiger partial charge in [0, 0.05) is 30.1 Å². The minimum atomic E-state index is -0.742. The summed E-state index contributed by atoms with van der Waals surface area (Å²) in [5.41, 5.74) is 1.34. The van der Waals surface area contributed by atoms with E-state index in [1.807, 2.05) is 140 Å². The van der Waals surface area contributed by atoms with E-state index in [2.05, 4.69) is 169 Å². The molecule has 0 spiro atoms. The molecule has 0 N–H and O–H groups in total. The van der Waals surface area contributed by atoms with E-state index >= 15 is 0 Å². The van der Waals surface area contributed by atoms with Gasteiger partial charge in [-0.1, -0.05) is 208 Å². The Morgan fingerprint density at radius 3 is 1.10 bits per heavy atom. The Bertz CT molecular complexity index is 3270. The Morgan fingerprint density at radius 2 is 0.750 bits per heavy atom. The fraction of sp³-hybridized carbons (Fsp3) is 0.221. The maximum absolute atomic E-state index is 6.11. The van der Waals surface area contributed by atoms with E-state index in [9.17, 15) is 0 Å². The van der Waals surface area contributed by atoms with Gasteiger partial charge >= 0.3 is 33.0 Å². The number of benzene rings is 10. The Morgan fingerprint density at radius 1 is 0.420 bits per heavy atom. The molecule has 0 aromatic heterocycles. The van der Waals surface area contributed by atoms with E-state index in [4.69, 9.17) is 44.1 Å². The van der Waals surface area contributed by atoms with E-state index in [0.717, 1.165) is 62.8 Å². The minimum absolute atomic E-state index is 0.569. The quantitative estimate of drug-likeness (QED) is 0.0472. The average molecular weight is 1360 g/mol. The fourth-order valence-corrected chi connectivity index (χ4v) is 16.3. The smallest absolute Gasteiger partial charge is 0.0620 e. The van der Waals surface area contributed by atoms with Gasteiger partial charge in [-0.05, 0) is 158 Å². The Labute approximate surface area is 550 Å². The minimum Gasteiger partial charge on any atom is -0.0620 e. The second-order valence-electron chi connectivity index (χ2n) is 21.2. The Balaban J connectivity index is 0.000000176. The van der Waals surface area contributed by atoms with Gasteiger partial charge in [0.05, 0.1) is 55.5 Å². The molecule has 10 aromatic carbocycles. The zero-order valence-corrected chi connectivity index (χ0v) is 56.8. The molecule has 0 amide bonds. The van der Waals surface area contributed by atoms with Crippen molar-refractivity contribution in [3.8, 4) is 46.0 Å². The van der Waals surface area contributed by atoms with Crippen LogP contribution in [0.2, 0.25) is 0 Å². The molecule has 0 heterocycles. The van der Waals surface area contributed by atoms with Crippen LogP contribution in [0.4, 0.5) is 0 Å². The van der Waals surface area contributed by atoms with Gasteiger partial charge in [0.15, 0.2) is 0 Å². The predicted molar refractivity (Wildman–Crippen MR) is 380 cm³/mol. The van der Waals surface area contributed by atoms with E-state index in [-0.39, 0.29) is 0 Å². The van der Waals surface area contributed by atoms with Crippen molar-refractivity contribution >= 4 is 73.4 Å². The molecule has 10 aromatic rings. The maximum Gasteiger partial charge on any atom is 0.0966 e. The number of unbranched alkanes of at least 4 members (excludes halogenated alkanes) is 1. The molecule has 0 aliphatic heterocycles. The van der Waals surface area contributed by atoms with Crippen molar-refractivity contribution in [1.29, 1.82) is 0 Å². The van der Waals surface area contributed by atoms with Crippen LogP contribution in [0.15, 0.2) is 284 Å². The van der Waals surface area contributed by atoms with Gasteiger partial charge in [0.25, 0.3) is 0 Å². The first kappa shape index (κ1) is 69.3. The van der Waals surface area contributed by atoms with Crippen molar-refractivity contribution in [2.24, 2.45) is 5.92 Å². The Hall–Kier alpha value is -6.23. The van der Waals surface area contributed by atoms with Gasteiger partial charge in [-0.3, -0.25) is 0 Å². The molecule has 1 aliphatic carbocycles. The van der Waals surface area contributed by atoms with E-state index in [1.54, 1.807) is 7.11 Å². The number of hydrogen-bond acceptors (Lipinski definition) is 5. The zero-order chi connectivity index (χ0) is 61.6. The van der Waals surface area contributed by atoms with E-state index < -0.39 is 15.8 Å².